The summed E-state index contributed by atoms with van der Waals surface area (Å²) in [4.78, 5) is 0. The van der Waals surface area contributed by atoms with Gasteiger partial charge in [0.15, 0.2) is 0 Å². The first kappa shape index (κ1) is 15.2. The lowest BCUT2D eigenvalue weighted by Gasteiger charge is -2.58. The molecule has 0 heterocycles. The van der Waals surface area contributed by atoms with Crippen molar-refractivity contribution in [3.05, 3.63) is 11.6 Å². The van der Waals surface area contributed by atoms with E-state index < -0.39 is 5.60 Å². The molecule has 22 heavy (non-hydrogen) atoms. The van der Waals surface area contributed by atoms with Crippen LogP contribution in [0.5, 0.6) is 0 Å². The zero-order chi connectivity index (χ0) is 15.8. The number of rotatable bonds is 0. The summed E-state index contributed by atoms with van der Waals surface area (Å²) in [5, 5.41) is 21.0. The molecular weight excluding hydrogens is 272 g/mol. The fraction of sp³-hybridized carbons (Fsp3) is 0.900. The molecule has 0 aromatic heterocycles. The van der Waals surface area contributed by atoms with Gasteiger partial charge in [-0.3, -0.25) is 0 Å². The van der Waals surface area contributed by atoms with Crippen LogP contribution in [0.15, 0.2) is 11.6 Å². The van der Waals surface area contributed by atoms with E-state index in [1.165, 1.54) is 25.7 Å². The second-order valence-electron chi connectivity index (χ2n) is 9.42. The average Bonchev–Trinajstić information content (AvgIpc) is 2.70. The molecule has 3 saturated carbocycles. The van der Waals surface area contributed by atoms with Crippen molar-refractivity contribution >= 4 is 0 Å². The standard InChI is InChI=1S/C20H32O2/c1-18-9-6-14(21)12-13(18)4-5-15-16(18)7-10-19(2)17(15)8-11-20(19,3)22/h4,14-17,21-22H,5-12H2,1-3H3/t14-,15+,16-,17-,18-,19+,20-/m0/s1. The minimum Gasteiger partial charge on any atom is -0.393 e. The first-order valence-electron chi connectivity index (χ1n) is 9.38. The summed E-state index contributed by atoms with van der Waals surface area (Å²) in [6.07, 6.45) is 11.2. The van der Waals surface area contributed by atoms with Gasteiger partial charge < -0.3 is 10.2 Å². The van der Waals surface area contributed by atoms with E-state index in [0.717, 1.165) is 37.5 Å². The lowest BCUT2D eigenvalue weighted by molar-refractivity contribution is -0.115. The monoisotopic (exact) mass is 304 g/mol. The fourth-order valence-corrected chi connectivity index (χ4v) is 6.89. The van der Waals surface area contributed by atoms with Gasteiger partial charge in [-0.05, 0) is 86.9 Å². The molecule has 0 aromatic rings. The minimum absolute atomic E-state index is 0.114. The summed E-state index contributed by atoms with van der Waals surface area (Å²) in [6.45, 7) is 6.90. The van der Waals surface area contributed by atoms with Crippen molar-refractivity contribution in [3.8, 4) is 0 Å². The second kappa shape index (κ2) is 4.60. The van der Waals surface area contributed by atoms with Crippen LogP contribution in [0, 0.1) is 28.6 Å². The van der Waals surface area contributed by atoms with Gasteiger partial charge in [-0.2, -0.15) is 0 Å². The van der Waals surface area contributed by atoms with Crippen LogP contribution in [0.3, 0.4) is 0 Å². The third-order valence-corrected chi connectivity index (χ3v) is 8.64. The van der Waals surface area contributed by atoms with Crippen molar-refractivity contribution in [1.82, 2.24) is 0 Å². The van der Waals surface area contributed by atoms with E-state index >= 15 is 0 Å². The van der Waals surface area contributed by atoms with E-state index in [0.29, 0.717) is 11.3 Å². The summed E-state index contributed by atoms with van der Waals surface area (Å²) >= 11 is 0. The Morgan fingerprint density at radius 1 is 1.00 bits per heavy atom. The molecule has 7 atom stereocenters. The van der Waals surface area contributed by atoms with E-state index in [1.54, 1.807) is 5.57 Å². The van der Waals surface area contributed by atoms with E-state index in [2.05, 4.69) is 26.8 Å². The predicted octanol–water partition coefficient (Wildman–Crippen LogP) is 4.06. The second-order valence-corrected chi connectivity index (χ2v) is 9.42. The molecule has 4 aliphatic carbocycles. The summed E-state index contributed by atoms with van der Waals surface area (Å²) < 4.78 is 0. The van der Waals surface area contributed by atoms with Gasteiger partial charge in [0.05, 0.1) is 11.7 Å². The smallest absolute Gasteiger partial charge is 0.0675 e. The Morgan fingerprint density at radius 3 is 2.50 bits per heavy atom. The molecule has 124 valence electrons. The first-order chi connectivity index (χ1) is 10.3. The largest absolute Gasteiger partial charge is 0.393 e. The molecule has 0 saturated heterocycles. The Balaban J connectivity index is 1.69. The summed E-state index contributed by atoms with van der Waals surface area (Å²) in [5.74, 6) is 2.20. The number of allylic oxidation sites excluding steroid dienone is 1. The molecule has 2 N–H and O–H groups in total. The van der Waals surface area contributed by atoms with Crippen LogP contribution in [0.4, 0.5) is 0 Å². The van der Waals surface area contributed by atoms with Crippen molar-refractivity contribution in [2.24, 2.45) is 28.6 Å². The van der Waals surface area contributed by atoms with Gasteiger partial charge >= 0.3 is 0 Å². The lowest BCUT2D eigenvalue weighted by atomic mass is 9.47. The highest BCUT2D eigenvalue weighted by molar-refractivity contribution is 5.26. The Kier molecular flexibility index (Phi) is 3.18. The predicted molar refractivity (Wildman–Crippen MR) is 88.3 cm³/mol. The summed E-state index contributed by atoms with van der Waals surface area (Å²) in [5.41, 5.74) is 1.50. The SMILES string of the molecule is C[C@]12CC[C@H](O)CC1=CC[C@@H]1[C@@H]2CC[C@]2(C)[C@H]1CC[C@]2(C)O. The van der Waals surface area contributed by atoms with Gasteiger partial charge in [0.1, 0.15) is 0 Å². The highest BCUT2D eigenvalue weighted by atomic mass is 16.3. The van der Waals surface area contributed by atoms with Crippen LogP contribution >= 0.6 is 0 Å². The maximum Gasteiger partial charge on any atom is 0.0675 e. The number of aliphatic hydroxyl groups is 2. The van der Waals surface area contributed by atoms with Crippen molar-refractivity contribution in [3.63, 3.8) is 0 Å². The van der Waals surface area contributed by atoms with Crippen LogP contribution in [0.1, 0.15) is 72.1 Å². The van der Waals surface area contributed by atoms with Gasteiger partial charge in [0.25, 0.3) is 0 Å². The molecule has 0 spiro atoms. The Hall–Kier alpha value is -0.340. The molecule has 0 aliphatic heterocycles. The average molecular weight is 304 g/mol. The molecule has 0 radical (unpaired) electrons. The van der Waals surface area contributed by atoms with E-state index in [-0.39, 0.29) is 11.5 Å². The third kappa shape index (κ3) is 1.80. The third-order valence-electron chi connectivity index (χ3n) is 8.64. The lowest BCUT2D eigenvalue weighted by Crippen LogP contribution is -2.53. The topological polar surface area (TPSA) is 40.5 Å². The Labute approximate surface area is 135 Å². The molecule has 0 aromatic carbocycles. The molecule has 4 aliphatic rings. The van der Waals surface area contributed by atoms with E-state index in [9.17, 15) is 10.2 Å². The molecule has 3 fully saturated rings. The van der Waals surface area contributed by atoms with Crippen LogP contribution in [0.25, 0.3) is 0 Å². The molecule has 4 rings (SSSR count). The molecule has 0 bridgehead atoms. The van der Waals surface area contributed by atoms with Crippen molar-refractivity contribution in [1.29, 1.82) is 0 Å². The molecule has 0 unspecified atom stereocenters. The van der Waals surface area contributed by atoms with Gasteiger partial charge in [-0.1, -0.05) is 25.5 Å². The van der Waals surface area contributed by atoms with Crippen molar-refractivity contribution in [2.75, 3.05) is 0 Å². The van der Waals surface area contributed by atoms with Crippen LogP contribution in [-0.4, -0.2) is 21.9 Å². The molecule has 2 nitrogen and oxygen atoms in total. The molecular formula is C20H32O2. The zero-order valence-corrected chi connectivity index (χ0v) is 14.4. The number of hydrogen-bond donors (Lipinski definition) is 2. The van der Waals surface area contributed by atoms with Crippen molar-refractivity contribution in [2.45, 2.75) is 83.8 Å². The van der Waals surface area contributed by atoms with Gasteiger partial charge in [-0.15, -0.1) is 0 Å². The Bertz CT molecular complexity index is 508. The molecule has 0 amide bonds. The quantitative estimate of drug-likeness (QED) is 0.663. The number of fused-ring (bicyclic) bond motifs is 5. The molecule has 2 heteroatoms. The highest BCUT2D eigenvalue weighted by Gasteiger charge is 2.61. The fourth-order valence-electron chi connectivity index (χ4n) is 6.89. The summed E-state index contributed by atoms with van der Waals surface area (Å²) in [6, 6.07) is 0. The normalized spacial score (nSPS) is 57.6. The zero-order valence-electron chi connectivity index (χ0n) is 14.4. The van der Waals surface area contributed by atoms with Crippen LogP contribution < -0.4 is 0 Å². The Morgan fingerprint density at radius 2 is 1.73 bits per heavy atom. The number of hydrogen-bond acceptors (Lipinski definition) is 2. The van der Waals surface area contributed by atoms with Crippen molar-refractivity contribution < 1.29 is 10.2 Å². The maximum absolute atomic E-state index is 10.9. The van der Waals surface area contributed by atoms with Gasteiger partial charge in [-0.25, -0.2) is 0 Å². The van der Waals surface area contributed by atoms with E-state index in [4.69, 9.17) is 0 Å². The first-order valence-corrected chi connectivity index (χ1v) is 9.38. The van der Waals surface area contributed by atoms with Crippen LogP contribution in [-0.2, 0) is 0 Å². The number of aliphatic hydroxyl groups excluding tert-OH is 1. The minimum atomic E-state index is -0.476. The summed E-state index contributed by atoms with van der Waals surface area (Å²) in [7, 11) is 0. The van der Waals surface area contributed by atoms with Gasteiger partial charge in [0, 0.05) is 0 Å². The maximum atomic E-state index is 10.9. The van der Waals surface area contributed by atoms with E-state index in [1.807, 2.05) is 0 Å². The highest BCUT2D eigenvalue weighted by Crippen LogP contribution is 2.66. The van der Waals surface area contributed by atoms with Gasteiger partial charge in [0.2, 0.25) is 0 Å². The van der Waals surface area contributed by atoms with Crippen LogP contribution in [0.2, 0.25) is 0 Å².